The Morgan fingerprint density at radius 3 is 2.28 bits per heavy atom. The van der Waals surface area contributed by atoms with E-state index >= 15 is 0 Å². The molecule has 0 fully saturated rings. The summed E-state index contributed by atoms with van der Waals surface area (Å²) in [7, 11) is -1.85. The third-order valence-electron chi connectivity index (χ3n) is 5.35. The molecule has 0 atom stereocenters. The predicted molar refractivity (Wildman–Crippen MR) is 127 cm³/mol. The van der Waals surface area contributed by atoms with Crippen LogP contribution in [0.1, 0.15) is 11.1 Å². The molecular formula is C25H23ClN2O3S. The molecule has 1 amide bonds. The molecule has 0 saturated heterocycles. The normalized spacial score (nSPS) is 11.6. The Morgan fingerprint density at radius 1 is 0.906 bits per heavy atom. The number of carbonyl (C=O) groups excluding carboxylic acids is 1. The first-order valence-corrected chi connectivity index (χ1v) is 12.2. The third kappa shape index (κ3) is 4.87. The highest BCUT2D eigenvalue weighted by atomic mass is 35.5. The molecule has 1 heterocycles. The number of nitrogens with zero attached hydrogens (tertiary/aromatic N) is 2. The molecule has 7 heteroatoms. The van der Waals surface area contributed by atoms with E-state index in [2.05, 4.69) is 0 Å². The van der Waals surface area contributed by atoms with E-state index in [9.17, 15) is 13.2 Å². The number of sulfone groups is 1. The van der Waals surface area contributed by atoms with Crippen molar-refractivity contribution in [1.29, 1.82) is 0 Å². The molecule has 0 bridgehead atoms. The molecule has 0 N–H and O–H groups in total. The van der Waals surface area contributed by atoms with Gasteiger partial charge in [-0.25, -0.2) is 8.42 Å². The lowest BCUT2D eigenvalue weighted by Crippen LogP contribution is -2.29. The molecule has 0 saturated carbocycles. The summed E-state index contributed by atoms with van der Waals surface area (Å²) in [5, 5.41) is 1.27. The Hall–Kier alpha value is -3.09. The topological polar surface area (TPSA) is 59.4 Å². The fourth-order valence-corrected chi connectivity index (χ4v) is 5.39. The van der Waals surface area contributed by atoms with Gasteiger partial charge in [-0.15, -0.1) is 0 Å². The largest absolute Gasteiger partial charge is 0.340 e. The van der Waals surface area contributed by atoms with Crippen molar-refractivity contribution in [3.63, 3.8) is 0 Å². The molecular weight excluding hydrogens is 444 g/mol. The van der Waals surface area contributed by atoms with Crippen molar-refractivity contribution in [3.05, 3.63) is 101 Å². The molecule has 0 spiro atoms. The van der Waals surface area contributed by atoms with E-state index < -0.39 is 9.84 Å². The van der Waals surface area contributed by atoms with Crippen LogP contribution in [0.3, 0.4) is 0 Å². The monoisotopic (exact) mass is 466 g/mol. The molecule has 0 aliphatic rings. The number of amides is 1. The van der Waals surface area contributed by atoms with E-state index in [1.54, 1.807) is 53.0 Å². The second kappa shape index (κ2) is 9.18. The highest BCUT2D eigenvalue weighted by Crippen LogP contribution is 2.28. The maximum atomic E-state index is 13.2. The molecule has 4 aromatic rings. The van der Waals surface area contributed by atoms with Crippen molar-refractivity contribution in [3.8, 4) is 0 Å². The molecule has 164 valence electrons. The van der Waals surface area contributed by atoms with Gasteiger partial charge in [0, 0.05) is 35.7 Å². The first kappa shape index (κ1) is 22.1. The minimum absolute atomic E-state index is 0.0471. The Kier molecular flexibility index (Phi) is 6.35. The van der Waals surface area contributed by atoms with Crippen LogP contribution in [-0.4, -0.2) is 30.8 Å². The van der Waals surface area contributed by atoms with E-state index in [4.69, 9.17) is 11.6 Å². The number of hydrogen-bond acceptors (Lipinski definition) is 3. The molecule has 32 heavy (non-hydrogen) atoms. The summed E-state index contributed by atoms with van der Waals surface area (Å²) in [6, 6.07) is 23.7. The summed E-state index contributed by atoms with van der Waals surface area (Å²) < 4.78 is 28.1. The van der Waals surface area contributed by atoms with Crippen LogP contribution in [0, 0.1) is 0 Å². The minimum Gasteiger partial charge on any atom is -0.340 e. The lowest BCUT2D eigenvalue weighted by Gasteiger charge is -2.18. The number of rotatable bonds is 7. The third-order valence-corrected chi connectivity index (χ3v) is 7.31. The van der Waals surface area contributed by atoms with E-state index in [1.807, 2.05) is 48.5 Å². The molecule has 5 nitrogen and oxygen atoms in total. The highest BCUT2D eigenvalue weighted by molar-refractivity contribution is 7.90. The first-order valence-electron chi connectivity index (χ1n) is 10.2. The average molecular weight is 467 g/mol. The van der Waals surface area contributed by atoms with Crippen molar-refractivity contribution >= 4 is 38.2 Å². The number of benzene rings is 3. The van der Waals surface area contributed by atoms with Crippen molar-refractivity contribution in [2.45, 2.75) is 23.7 Å². The standard InChI is InChI=1S/C25H23ClN2O3S/c1-27(15-19-11-13-21(26)14-12-19)25(29)17-28-16-24(22-9-5-6-10-23(22)28)32(30,31)18-20-7-3-2-4-8-20/h2-14,16H,15,17-18H2,1H3. The van der Waals surface area contributed by atoms with Gasteiger partial charge in [-0.2, -0.15) is 0 Å². The predicted octanol–water partition coefficient (Wildman–Crippen LogP) is 4.93. The van der Waals surface area contributed by atoms with Gasteiger partial charge in [0.05, 0.1) is 10.6 Å². The summed E-state index contributed by atoms with van der Waals surface area (Å²) in [6.07, 6.45) is 1.58. The lowest BCUT2D eigenvalue weighted by atomic mass is 10.2. The molecule has 0 aliphatic carbocycles. The van der Waals surface area contributed by atoms with Crippen LogP contribution in [0.4, 0.5) is 0 Å². The molecule has 3 aromatic carbocycles. The smallest absolute Gasteiger partial charge is 0.242 e. The van der Waals surface area contributed by atoms with Gasteiger partial charge < -0.3 is 9.47 Å². The van der Waals surface area contributed by atoms with Crippen molar-refractivity contribution in [1.82, 2.24) is 9.47 Å². The van der Waals surface area contributed by atoms with Crippen molar-refractivity contribution in [2.75, 3.05) is 7.05 Å². The van der Waals surface area contributed by atoms with Crippen molar-refractivity contribution in [2.24, 2.45) is 0 Å². The zero-order valence-electron chi connectivity index (χ0n) is 17.6. The highest BCUT2D eigenvalue weighted by Gasteiger charge is 2.23. The first-order chi connectivity index (χ1) is 15.3. The van der Waals surface area contributed by atoms with Crippen LogP contribution >= 0.6 is 11.6 Å². The Morgan fingerprint density at radius 2 is 1.56 bits per heavy atom. The van der Waals surface area contributed by atoms with Crippen molar-refractivity contribution < 1.29 is 13.2 Å². The molecule has 0 unspecified atom stereocenters. The number of likely N-dealkylation sites (N-methyl/N-ethyl adjacent to an activating group) is 1. The van der Waals surface area contributed by atoms with Gasteiger partial charge in [0.2, 0.25) is 5.91 Å². The summed E-state index contributed by atoms with van der Waals surface area (Å²) in [4.78, 5) is 14.8. The van der Waals surface area contributed by atoms with E-state index in [0.29, 0.717) is 22.5 Å². The molecule has 1 aromatic heterocycles. The molecule has 0 aliphatic heterocycles. The van der Waals surface area contributed by atoms with Crippen LogP contribution in [0.15, 0.2) is 90.0 Å². The SMILES string of the molecule is CN(Cc1ccc(Cl)cc1)C(=O)Cn1cc(S(=O)(=O)Cc2ccccc2)c2ccccc21. The van der Waals surface area contributed by atoms with E-state index in [0.717, 1.165) is 11.1 Å². The number of para-hydroxylation sites is 1. The lowest BCUT2D eigenvalue weighted by molar-refractivity contribution is -0.131. The van der Waals surface area contributed by atoms with Crippen LogP contribution in [0.2, 0.25) is 5.02 Å². The van der Waals surface area contributed by atoms with E-state index in [1.165, 1.54) is 0 Å². The van der Waals surface area contributed by atoms with Gasteiger partial charge >= 0.3 is 0 Å². The number of carbonyl (C=O) groups is 1. The van der Waals surface area contributed by atoms with Gasteiger partial charge in [-0.3, -0.25) is 4.79 Å². The Bertz CT molecular complexity index is 1350. The molecule has 4 rings (SSSR count). The maximum absolute atomic E-state index is 13.2. The van der Waals surface area contributed by atoms with Gasteiger partial charge in [0.15, 0.2) is 9.84 Å². The molecule has 0 radical (unpaired) electrons. The zero-order chi connectivity index (χ0) is 22.7. The summed E-state index contributed by atoms with van der Waals surface area (Å²) in [6.45, 7) is 0.486. The van der Waals surface area contributed by atoms with Gasteiger partial charge in [-0.05, 0) is 29.3 Å². The fourth-order valence-electron chi connectivity index (χ4n) is 3.68. The summed E-state index contributed by atoms with van der Waals surface area (Å²) in [5.74, 6) is -0.209. The summed E-state index contributed by atoms with van der Waals surface area (Å²) >= 11 is 5.93. The van der Waals surface area contributed by atoms with Crippen LogP contribution in [-0.2, 0) is 33.5 Å². The summed E-state index contributed by atoms with van der Waals surface area (Å²) in [5.41, 5.74) is 2.41. The fraction of sp³-hybridized carbons (Fsp3) is 0.160. The van der Waals surface area contributed by atoms with Gasteiger partial charge in [-0.1, -0.05) is 72.3 Å². The van der Waals surface area contributed by atoms with Gasteiger partial charge in [0.25, 0.3) is 0 Å². The number of halogens is 1. The Balaban J connectivity index is 1.59. The second-order valence-corrected chi connectivity index (χ2v) is 10.2. The second-order valence-electron chi connectivity index (χ2n) is 7.76. The maximum Gasteiger partial charge on any atom is 0.242 e. The zero-order valence-corrected chi connectivity index (χ0v) is 19.2. The number of hydrogen-bond donors (Lipinski definition) is 0. The van der Waals surface area contributed by atoms with E-state index in [-0.39, 0.29) is 23.1 Å². The average Bonchev–Trinajstić information content (AvgIpc) is 3.15. The van der Waals surface area contributed by atoms with Crippen LogP contribution < -0.4 is 0 Å². The number of aromatic nitrogens is 1. The number of fused-ring (bicyclic) bond motifs is 1. The van der Waals surface area contributed by atoms with Crippen LogP contribution in [0.25, 0.3) is 10.9 Å². The van der Waals surface area contributed by atoms with Gasteiger partial charge in [0.1, 0.15) is 6.54 Å². The minimum atomic E-state index is -3.59. The Labute approximate surface area is 192 Å². The van der Waals surface area contributed by atoms with Crippen LogP contribution in [0.5, 0.6) is 0 Å². The quantitative estimate of drug-likeness (QED) is 0.388.